The van der Waals surface area contributed by atoms with Crippen LogP contribution in [0.15, 0.2) is 30.5 Å². The molecule has 0 unspecified atom stereocenters. The van der Waals surface area contributed by atoms with Crippen molar-refractivity contribution in [3.8, 4) is 5.75 Å². The quantitative estimate of drug-likeness (QED) is 0.300. The van der Waals surface area contributed by atoms with E-state index in [0.29, 0.717) is 64.3 Å². The van der Waals surface area contributed by atoms with Gasteiger partial charge in [-0.3, -0.25) is 9.36 Å². The Morgan fingerprint density at radius 3 is 2.54 bits per heavy atom. The van der Waals surface area contributed by atoms with Crippen molar-refractivity contribution >= 4 is 49.7 Å². The summed E-state index contributed by atoms with van der Waals surface area (Å²) in [5.41, 5.74) is 8.39. The molecule has 0 spiro atoms. The number of fused-ring (bicyclic) bond motifs is 2. The second-order valence-electron chi connectivity index (χ2n) is 7.37. The number of imidazole rings is 1. The van der Waals surface area contributed by atoms with Gasteiger partial charge in [-0.05, 0) is 18.2 Å². The zero-order valence-electron chi connectivity index (χ0n) is 20.2. The lowest BCUT2D eigenvalue weighted by atomic mass is 10.2. The number of aromatic nitrogens is 4. The lowest BCUT2D eigenvalue weighted by molar-refractivity contribution is -0.274. The number of halogens is 3. The fraction of sp³-hybridized carbons (Fsp3) is 0.364. The fourth-order valence-electron chi connectivity index (χ4n) is 3.03. The molecule has 0 aliphatic carbocycles. The molecule has 3 heterocycles. The van der Waals surface area contributed by atoms with Crippen LogP contribution in [0.2, 0.25) is 0 Å². The van der Waals surface area contributed by atoms with Gasteiger partial charge in [0.05, 0.1) is 22.4 Å². The normalized spacial score (nSPS) is 11.3. The molecule has 1 aromatic carbocycles. The predicted molar refractivity (Wildman–Crippen MR) is 133 cm³/mol. The standard InChI is InChI=1S/C19H17F3N6O3S.C3H8NO/c1-28-15-13(7-10(9-24-15)16(29)23-5-6-30-2)25-17(28)27-18-26-12-4-3-11(8-14(12)32-18)31-19(20,21)22;1-5-3-2-4/h3-4,7-9H,5-6H2,1-2H3,(H,23,29)(H,25,26,27);4H,2-3H2,1H3/q;-1. The molecule has 0 saturated heterocycles. The van der Waals surface area contributed by atoms with Crippen molar-refractivity contribution in [2.24, 2.45) is 7.05 Å². The summed E-state index contributed by atoms with van der Waals surface area (Å²) in [4.78, 5) is 25.3. The number of carbonyl (C=O) groups is 1. The van der Waals surface area contributed by atoms with Crippen LogP contribution in [0.5, 0.6) is 5.75 Å². The van der Waals surface area contributed by atoms with E-state index in [1.807, 2.05) is 0 Å². The van der Waals surface area contributed by atoms with Crippen molar-refractivity contribution < 1.29 is 32.2 Å². The molecule has 15 heteroatoms. The number of hydrogen-bond donors (Lipinski definition) is 2. The van der Waals surface area contributed by atoms with Crippen LogP contribution < -0.4 is 15.4 Å². The Balaban J connectivity index is 0.000000695. The molecule has 0 bridgehead atoms. The van der Waals surface area contributed by atoms with Gasteiger partial charge in [-0.15, -0.1) is 19.7 Å². The first-order chi connectivity index (χ1) is 17.6. The zero-order chi connectivity index (χ0) is 27.0. The number of aryl methyl sites for hydroxylation is 1. The number of pyridine rings is 1. The van der Waals surface area contributed by atoms with Crippen LogP contribution in [-0.2, 0) is 16.5 Å². The topological polar surface area (TPSA) is 136 Å². The van der Waals surface area contributed by atoms with Crippen LogP contribution in [-0.4, -0.2) is 72.3 Å². The number of anilines is 2. The Morgan fingerprint density at radius 2 is 1.89 bits per heavy atom. The minimum atomic E-state index is -4.76. The van der Waals surface area contributed by atoms with Gasteiger partial charge in [0.1, 0.15) is 11.3 Å². The van der Waals surface area contributed by atoms with Gasteiger partial charge in [0.2, 0.25) is 5.95 Å². The first-order valence-corrected chi connectivity index (χ1v) is 11.6. The summed E-state index contributed by atoms with van der Waals surface area (Å²) in [5.74, 6) is -0.196. The maximum atomic E-state index is 12.4. The van der Waals surface area contributed by atoms with E-state index in [2.05, 4.69) is 35.1 Å². The summed E-state index contributed by atoms with van der Waals surface area (Å²) < 4.78 is 52.9. The van der Waals surface area contributed by atoms with Gasteiger partial charge in [-0.1, -0.05) is 11.3 Å². The second-order valence-corrected chi connectivity index (χ2v) is 8.40. The molecule has 200 valence electrons. The van der Waals surface area contributed by atoms with Gasteiger partial charge in [0.15, 0.2) is 10.8 Å². The first-order valence-electron chi connectivity index (χ1n) is 10.8. The van der Waals surface area contributed by atoms with Crippen molar-refractivity contribution in [2.75, 3.05) is 45.8 Å². The highest BCUT2D eigenvalue weighted by Gasteiger charge is 2.31. The highest BCUT2D eigenvalue weighted by Crippen LogP contribution is 2.33. The van der Waals surface area contributed by atoms with Crippen LogP contribution in [0.25, 0.3) is 27.1 Å². The third-order valence-corrected chi connectivity index (χ3v) is 5.61. The summed E-state index contributed by atoms with van der Waals surface area (Å²) in [6.45, 7) is 1.69. The van der Waals surface area contributed by atoms with E-state index in [4.69, 9.17) is 10.5 Å². The summed E-state index contributed by atoms with van der Waals surface area (Å²) >= 11 is 1.15. The Bertz CT molecular complexity index is 1340. The molecule has 0 radical (unpaired) electrons. The van der Waals surface area contributed by atoms with E-state index in [0.717, 1.165) is 11.3 Å². The molecule has 0 aliphatic heterocycles. The van der Waals surface area contributed by atoms with E-state index in [1.54, 1.807) is 31.9 Å². The lowest BCUT2D eigenvalue weighted by Gasteiger charge is -2.07. The number of amides is 1. The molecule has 4 rings (SSSR count). The van der Waals surface area contributed by atoms with Crippen molar-refractivity contribution in [1.29, 1.82) is 0 Å². The van der Waals surface area contributed by atoms with E-state index in [-0.39, 0.29) is 11.7 Å². The van der Waals surface area contributed by atoms with Gasteiger partial charge in [0, 0.05) is 46.7 Å². The molecular formula is C22H25F3N7O4S-. The SMILES string of the molecule is COCCNC(=O)c1cnc2c(c1)nc(Nc1nc3ccc(OC(F)(F)F)cc3s1)n2C.COCC[NH-]. The van der Waals surface area contributed by atoms with E-state index >= 15 is 0 Å². The Morgan fingerprint density at radius 1 is 1.14 bits per heavy atom. The summed E-state index contributed by atoms with van der Waals surface area (Å²) in [6.07, 6.45) is -3.31. The van der Waals surface area contributed by atoms with Gasteiger partial charge >= 0.3 is 6.36 Å². The minimum Gasteiger partial charge on any atom is -0.676 e. The number of ether oxygens (including phenoxy) is 3. The zero-order valence-corrected chi connectivity index (χ0v) is 21.0. The van der Waals surface area contributed by atoms with Crippen LogP contribution in [0.4, 0.5) is 24.3 Å². The van der Waals surface area contributed by atoms with Crippen molar-refractivity contribution in [3.05, 3.63) is 41.8 Å². The summed E-state index contributed by atoms with van der Waals surface area (Å²) in [6, 6.07) is 5.55. The molecule has 3 aromatic heterocycles. The largest absolute Gasteiger partial charge is 0.676 e. The molecule has 11 nitrogen and oxygen atoms in total. The number of nitrogens with one attached hydrogen (secondary N) is 3. The number of methoxy groups -OCH3 is 2. The number of nitrogens with zero attached hydrogens (tertiary/aromatic N) is 4. The maximum absolute atomic E-state index is 12.4. The third-order valence-electron chi connectivity index (χ3n) is 4.68. The van der Waals surface area contributed by atoms with Gasteiger partial charge < -0.3 is 30.6 Å². The summed E-state index contributed by atoms with van der Waals surface area (Å²) in [5, 5.41) is 6.20. The van der Waals surface area contributed by atoms with Crippen LogP contribution >= 0.6 is 11.3 Å². The van der Waals surface area contributed by atoms with E-state index < -0.39 is 6.36 Å². The highest BCUT2D eigenvalue weighted by atomic mass is 32.1. The molecule has 3 N–H and O–H groups in total. The van der Waals surface area contributed by atoms with Gasteiger partial charge in [-0.25, -0.2) is 15.0 Å². The van der Waals surface area contributed by atoms with Gasteiger partial charge in [-0.2, -0.15) is 0 Å². The molecule has 0 saturated carbocycles. The van der Waals surface area contributed by atoms with Crippen LogP contribution in [0, 0.1) is 0 Å². The number of alkyl halides is 3. The van der Waals surface area contributed by atoms with Gasteiger partial charge in [0.25, 0.3) is 5.91 Å². The minimum absolute atomic E-state index is 0.292. The number of rotatable bonds is 9. The predicted octanol–water partition coefficient (Wildman–Crippen LogP) is 4.28. The molecule has 37 heavy (non-hydrogen) atoms. The smallest absolute Gasteiger partial charge is 0.573 e. The molecule has 0 aliphatic rings. The van der Waals surface area contributed by atoms with E-state index in [1.165, 1.54) is 24.4 Å². The first kappa shape index (κ1) is 28.0. The Labute approximate surface area is 213 Å². The van der Waals surface area contributed by atoms with E-state index in [9.17, 15) is 18.0 Å². The van der Waals surface area contributed by atoms with Crippen molar-refractivity contribution in [3.63, 3.8) is 0 Å². The molecular weight excluding hydrogens is 515 g/mol. The Kier molecular flexibility index (Phi) is 9.57. The fourth-order valence-corrected chi connectivity index (χ4v) is 3.92. The van der Waals surface area contributed by atoms with Crippen molar-refractivity contribution in [1.82, 2.24) is 24.8 Å². The lowest BCUT2D eigenvalue weighted by Crippen LogP contribution is -2.27. The third kappa shape index (κ3) is 7.72. The monoisotopic (exact) mass is 540 g/mol. The Hall–Kier alpha value is -3.53. The average molecular weight is 541 g/mol. The number of benzene rings is 1. The maximum Gasteiger partial charge on any atom is 0.573 e. The number of hydrogen-bond acceptors (Lipinski definition) is 9. The number of thiazole rings is 1. The highest BCUT2D eigenvalue weighted by molar-refractivity contribution is 7.22. The second kappa shape index (κ2) is 12.6. The van der Waals surface area contributed by atoms with Crippen molar-refractivity contribution in [2.45, 2.75) is 6.36 Å². The van der Waals surface area contributed by atoms with Crippen LogP contribution in [0.1, 0.15) is 10.4 Å². The summed E-state index contributed by atoms with van der Waals surface area (Å²) in [7, 11) is 4.88. The molecule has 4 aromatic rings. The molecule has 0 atom stereocenters. The average Bonchev–Trinajstić information content (AvgIpc) is 3.38. The molecule has 0 fully saturated rings. The van der Waals surface area contributed by atoms with Crippen LogP contribution in [0.3, 0.4) is 0 Å². The molecule has 1 amide bonds. The number of carbonyl (C=O) groups excluding carboxylic acids is 1.